The lowest BCUT2D eigenvalue weighted by Crippen LogP contribution is -2.23. The number of carbonyl (C=O) groups excluding carboxylic acids is 1. The molecular weight excluding hydrogens is 271 g/mol. The summed E-state index contributed by atoms with van der Waals surface area (Å²) < 4.78 is 38.0. The number of hydrogen-bond donors (Lipinski definition) is 0. The van der Waals surface area contributed by atoms with Crippen LogP contribution in [0.5, 0.6) is 0 Å². The maximum Gasteiger partial charge on any atom is 0.462 e. The van der Waals surface area contributed by atoms with Crippen LogP contribution in [0, 0.1) is 0 Å². The first kappa shape index (κ1) is 13.9. The molecule has 103 valence electrons. The zero-order valence-corrected chi connectivity index (χ0v) is 10.1. The van der Waals surface area contributed by atoms with Crippen molar-refractivity contribution < 1.29 is 23.1 Å². The van der Waals surface area contributed by atoms with Gasteiger partial charge in [-0.05, 0) is 30.3 Å². The van der Waals surface area contributed by atoms with Gasteiger partial charge in [-0.1, -0.05) is 24.3 Å². The van der Waals surface area contributed by atoms with Crippen molar-refractivity contribution in [2.24, 2.45) is 0 Å². The molecule has 0 aliphatic rings. The molecule has 0 saturated heterocycles. The average molecular weight is 280 g/mol. The number of carbonyl (C=O) groups is 1. The Hall–Kier alpha value is -2.50. The van der Waals surface area contributed by atoms with Gasteiger partial charge in [0.2, 0.25) is 0 Å². The molecule has 0 bridgehead atoms. The molecular formula is C14H9F3NO2. The van der Waals surface area contributed by atoms with Crippen LogP contribution < -0.4 is 4.90 Å². The number of rotatable bonds is 2. The minimum absolute atomic E-state index is 0.119. The van der Waals surface area contributed by atoms with Gasteiger partial charge in [0.1, 0.15) is 0 Å². The molecule has 2 rings (SSSR count). The van der Waals surface area contributed by atoms with E-state index in [0.717, 1.165) is 18.2 Å². The molecule has 0 aliphatic carbocycles. The second-order valence-corrected chi connectivity index (χ2v) is 3.98. The molecule has 1 radical (unpaired) electrons. The first-order chi connectivity index (χ1) is 9.39. The number of anilines is 2. The van der Waals surface area contributed by atoms with E-state index in [9.17, 15) is 23.1 Å². The fourth-order valence-corrected chi connectivity index (χ4v) is 1.76. The van der Waals surface area contributed by atoms with Crippen LogP contribution in [0.3, 0.4) is 0 Å². The Morgan fingerprint density at radius 3 is 2.05 bits per heavy atom. The highest BCUT2D eigenvalue weighted by molar-refractivity contribution is 5.94. The Bertz CT molecular complexity index is 611. The van der Waals surface area contributed by atoms with Gasteiger partial charge in [-0.3, -0.25) is 0 Å². The summed E-state index contributed by atoms with van der Waals surface area (Å²) in [7, 11) is 0. The maximum absolute atomic E-state index is 12.7. The summed E-state index contributed by atoms with van der Waals surface area (Å²) >= 11 is 0. The van der Waals surface area contributed by atoms with E-state index in [0.29, 0.717) is 4.90 Å². The lowest BCUT2D eigenvalue weighted by Gasteiger charge is -2.19. The summed E-state index contributed by atoms with van der Waals surface area (Å²) in [4.78, 5) is 11.9. The molecule has 0 unspecified atom stereocenters. The number of benzene rings is 2. The van der Waals surface area contributed by atoms with Crippen molar-refractivity contribution in [1.29, 1.82) is 0 Å². The van der Waals surface area contributed by atoms with Crippen LogP contribution in [0.1, 0.15) is 5.56 Å². The van der Waals surface area contributed by atoms with Crippen LogP contribution in [0.4, 0.5) is 29.3 Å². The van der Waals surface area contributed by atoms with Crippen molar-refractivity contribution in [3.05, 3.63) is 60.2 Å². The zero-order chi connectivity index (χ0) is 14.8. The Kier molecular flexibility index (Phi) is 3.65. The van der Waals surface area contributed by atoms with E-state index < -0.39 is 17.8 Å². The molecule has 0 heterocycles. The third-order valence-electron chi connectivity index (χ3n) is 2.63. The van der Waals surface area contributed by atoms with Crippen molar-refractivity contribution in [3.8, 4) is 0 Å². The predicted octanol–water partition coefficient (Wildman–Crippen LogP) is 4.39. The van der Waals surface area contributed by atoms with E-state index >= 15 is 0 Å². The summed E-state index contributed by atoms with van der Waals surface area (Å²) in [6.07, 6.45) is -6.14. The SMILES string of the molecule is [O]C(=O)N(c1ccccc1)c1cccc(C(F)(F)F)c1. The highest BCUT2D eigenvalue weighted by Gasteiger charge is 2.31. The number of halogens is 3. The Morgan fingerprint density at radius 2 is 1.50 bits per heavy atom. The number of amides is 1. The van der Waals surface area contributed by atoms with Gasteiger partial charge in [0.15, 0.2) is 0 Å². The Morgan fingerprint density at radius 1 is 0.900 bits per heavy atom. The molecule has 2 aromatic carbocycles. The van der Waals surface area contributed by atoms with Gasteiger partial charge in [0.05, 0.1) is 16.9 Å². The van der Waals surface area contributed by atoms with Gasteiger partial charge < -0.3 is 0 Å². The molecule has 1 amide bonds. The third-order valence-corrected chi connectivity index (χ3v) is 2.63. The van der Waals surface area contributed by atoms with Crippen LogP contribution in [0.15, 0.2) is 54.6 Å². The lowest BCUT2D eigenvalue weighted by atomic mass is 10.1. The first-order valence-electron chi connectivity index (χ1n) is 5.63. The molecule has 2 aromatic rings. The lowest BCUT2D eigenvalue weighted by molar-refractivity contribution is -0.137. The van der Waals surface area contributed by atoms with Crippen molar-refractivity contribution in [3.63, 3.8) is 0 Å². The Labute approximate surface area is 112 Å². The summed E-state index contributed by atoms with van der Waals surface area (Å²) in [5.74, 6) is 0. The summed E-state index contributed by atoms with van der Waals surface area (Å²) in [5.41, 5.74) is -0.824. The normalized spacial score (nSPS) is 11.2. The minimum Gasteiger partial charge on any atom is -0.243 e. The summed E-state index contributed by atoms with van der Waals surface area (Å²) in [6, 6.07) is 11.8. The topological polar surface area (TPSA) is 40.2 Å². The van der Waals surface area contributed by atoms with Gasteiger partial charge in [0, 0.05) is 0 Å². The van der Waals surface area contributed by atoms with Gasteiger partial charge in [0.25, 0.3) is 0 Å². The van der Waals surface area contributed by atoms with Gasteiger partial charge >= 0.3 is 12.3 Å². The monoisotopic (exact) mass is 280 g/mol. The van der Waals surface area contributed by atoms with Gasteiger partial charge in [-0.25, -0.2) is 14.8 Å². The zero-order valence-electron chi connectivity index (χ0n) is 10.1. The molecule has 6 heteroatoms. The number of alkyl halides is 3. The number of para-hydroxylation sites is 1. The quantitative estimate of drug-likeness (QED) is 0.804. The van der Waals surface area contributed by atoms with E-state index in [2.05, 4.69) is 0 Å². The average Bonchev–Trinajstić information content (AvgIpc) is 2.39. The highest BCUT2D eigenvalue weighted by atomic mass is 19.4. The highest BCUT2D eigenvalue weighted by Crippen LogP contribution is 2.33. The van der Waals surface area contributed by atoms with Crippen LogP contribution in [-0.2, 0) is 11.3 Å². The van der Waals surface area contributed by atoms with Crippen molar-refractivity contribution in [1.82, 2.24) is 0 Å². The van der Waals surface area contributed by atoms with E-state index in [-0.39, 0.29) is 11.4 Å². The van der Waals surface area contributed by atoms with Crippen LogP contribution in [0.2, 0.25) is 0 Å². The van der Waals surface area contributed by atoms with E-state index in [4.69, 9.17) is 0 Å². The summed E-state index contributed by atoms with van der Waals surface area (Å²) in [5, 5.41) is 11.2. The standard InChI is InChI=1S/C14H9F3NO2/c15-14(16,17)10-5-4-8-12(9-10)18(13(19)20)11-6-2-1-3-7-11/h1-9H. The fraction of sp³-hybridized carbons (Fsp3) is 0.0714. The van der Waals surface area contributed by atoms with Crippen molar-refractivity contribution >= 4 is 17.5 Å². The molecule has 3 nitrogen and oxygen atoms in total. The first-order valence-corrected chi connectivity index (χ1v) is 5.63. The molecule has 20 heavy (non-hydrogen) atoms. The third kappa shape index (κ3) is 2.90. The number of hydrogen-bond acceptors (Lipinski definition) is 1. The van der Waals surface area contributed by atoms with Crippen molar-refractivity contribution in [2.75, 3.05) is 4.90 Å². The van der Waals surface area contributed by atoms with E-state index in [1.54, 1.807) is 18.2 Å². The van der Waals surface area contributed by atoms with Gasteiger partial charge in [-0.15, -0.1) is 0 Å². The Balaban J connectivity index is 2.49. The molecule has 0 saturated carbocycles. The molecule has 0 spiro atoms. The maximum atomic E-state index is 12.7. The van der Waals surface area contributed by atoms with E-state index in [1.807, 2.05) is 0 Å². The van der Waals surface area contributed by atoms with Gasteiger partial charge in [-0.2, -0.15) is 13.2 Å². The van der Waals surface area contributed by atoms with E-state index in [1.165, 1.54) is 18.2 Å². The largest absolute Gasteiger partial charge is 0.462 e. The predicted molar refractivity (Wildman–Crippen MR) is 66.1 cm³/mol. The molecule has 0 aromatic heterocycles. The fourth-order valence-electron chi connectivity index (χ4n) is 1.76. The number of nitrogens with zero attached hydrogens (tertiary/aromatic N) is 1. The second kappa shape index (κ2) is 5.24. The van der Waals surface area contributed by atoms with Crippen LogP contribution >= 0.6 is 0 Å². The summed E-state index contributed by atoms with van der Waals surface area (Å²) in [6.45, 7) is 0. The molecule has 0 fully saturated rings. The second-order valence-electron chi connectivity index (χ2n) is 3.98. The molecule has 0 N–H and O–H groups in total. The van der Waals surface area contributed by atoms with Crippen molar-refractivity contribution in [2.45, 2.75) is 6.18 Å². The molecule has 0 aliphatic heterocycles. The molecule has 0 atom stereocenters. The van der Waals surface area contributed by atoms with Crippen LogP contribution in [0.25, 0.3) is 0 Å². The van der Waals surface area contributed by atoms with Crippen LogP contribution in [-0.4, -0.2) is 6.09 Å². The minimum atomic E-state index is -4.54. The smallest absolute Gasteiger partial charge is 0.243 e.